The smallest absolute Gasteiger partial charge is 0.270 e. The molecule has 0 spiro atoms. The second-order valence-electron chi connectivity index (χ2n) is 6.92. The third-order valence-corrected chi connectivity index (χ3v) is 5.76. The molecule has 27 heavy (non-hydrogen) atoms. The Morgan fingerprint density at radius 3 is 2.85 bits per heavy atom. The number of thiazole rings is 1. The Kier molecular flexibility index (Phi) is 5.29. The first-order valence-electron chi connectivity index (χ1n) is 9.37. The Bertz CT molecular complexity index is 918. The van der Waals surface area contributed by atoms with Crippen LogP contribution < -0.4 is 5.32 Å². The number of hydrogen-bond donors (Lipinski definition) is 1. The van der Waals surface area contributed by atoms with Crippen molar-refractivity contribution in [3.8, 4) is 0 Å². The SMILES string of the molecule is Cc1nc(C(=O)NC2CCc3nnc(CCc4ccccc4)n3CC2)cs1. The second-order valence-corrected chi connectivity index (χ2v) is 7.98. The summed E-state index contributed by atoms with van der Waals surface area (Å²) in [6.07, 6.45) is 4.44. The van der Waals surface area contributed by atoms with E-state index in [1.807, 2.05) is 18.4 Å². The lowest BCUT2D eigenvalue weighted by atomic mass is 10.1. The zero-order valence-electron chi connectivity index (χ0n) is 15.4. The van der Waals surface area contributed by atoms with Gasteiger partial charge in [0.2, 0.25) is 0 Å². The van der Waals surface area contributed by atoms with E-state index in [9.17, 15) is 4.79 Å². The van der Waals surface area contributed by atoms with Gasteiger partial charge in [-0.3, -0.25) is 4.79 Å². The molecule has 3 heterocycles. The van der Waals surface area contributed by atoms with Gasteiger partial charge >= 0.3 is 0 Å². The summed E-state index contributed by atoms with van der Waals surface area (Å²) in [5.41, 5.74) is 1.83. The minimum Gasteiger partial charge on any atom is -0.348 e. The van der Waals surface area contributed by atoms with Crippen LogP contribution in [0.2, 0.25) is 0 Å². The van der Waals surface area contributed by atoms with Crippen LogP contribution in [0.15, 0.2) is 35.7 Å². The van der Waals surface area contributed by atoms with E-state index in [-0.39, 0.29) is 11.9 Å². The average molecular weight is 382 g/mol. The van der Waals surface area contributed by atoms with Crippen LogP contribution in [0.25, 0.3) is 0 Å². The number of nitrogens with one attached hydrogen (secondary N) is 1. The van der Waals surface area contributed by atoms with Gasteiger partial charge in [0.15, 0.2) is 0 Å². The number of aryl methyl sites for hydroxylation is 4. The summed E-state index contributed by atoms with van der Waals surface area (Å²) in [5, 5.41) is 14.7. The molecule has 0 aliphatic carbocycles. The van der Waals surface area contributed by atoms with E-state index in [1.54, 1.807) is 0 Å². The van der Waals surface area contributed by atoms with Crippen molar-refractivity contribution in [2.24, 2.45) is 0 Å². The molecule has 140 valence electrons. The van der Waals surface area contributed by atoms with Gasteiger partial charge in [0, 0.05) is 30.8 Å². The van der Waals surface area contributed by atoms with Gasteiger partial charge < -0.3 is 9.88 Å². The van der Waals surface area contributed by atoms with Gasteiger partial charge in [-0.2, -0.15) is 0 Å². The molecule has 1 aliphatic rings. The minimum atomic E-state index is -0.0775. The first-order chi connectivity index (χ1) is 13.2. The molecule has 1 aromatic carbocycles. The molecule has 0 saturated heterocycles. The van der Waals surface area contributed by atoms with Crippen molar-refractivity contribution in [3.05, 3.63) is 63.6 Å². The van der Waals surface area contributed by atoms with Crippen LogP contribution in [0.3, 0.4) is 0 Å². The Balaban J connectivity index is 1.37. The fraction of sp³-hybridized carbons (Fsp3) is 0.400. The maximum absolute atomic E-state index is 12.4. The van der Waals surface area contributed by atoms with Gasteiger partial charge in [0.1, 0.15) is 17.3 Å². The predicted molar refractivity (Wildman–Crippen MR) is 105 cm³/mol. The zero-order chi connectivity index (χ0) is 18.6. The number of benzene rings is 1. The Morgan fingerprint density at radius 1 is 1.22 bits per heavy atom. The van der Waals surface area contributed by atoms with E-state index < -0.39 is 0 Å². The molecular formula is C20H23N5OS. The topological polar surface area (TPSA) is 72.7 Å². The van der Waals surface area contributed by atoms with Crippen LogP contribution in [0, 0.1) is 6.92 Å². The van der Waals surface area contributed by atoms with E-state index in [2.05, 4.69) is 49.3 Å². The van der Waals surface area contributed by atoms with Crippen molar-refractivity contribution in [1.29, 1.82) is 0 Å². The number of rotatable bonds is 5. The molecule has 0 saturated carbocycles. The van der Waals surface area contributed by atoms with Crippen molar-refractivity contribution in [1.82, 2.24) is 25.1 Å². The summed E-state index contributed by atoms with van der Waals surface area (Å²) in [6.45, 7) is 2.75. The van der Waals surface area contributed by atoms with Crippen molar-refractivity contribution < 1.29 is 4.79 Å². The standard InChI is InChI=1S/C20H23N5OS/c1-14-21-17(13-27-14)20(26)22-16-8-10-19-24-23-18(25(19)12-11-16)9-7-15-5-3-2-4-6-15/h2-6,13,16H,7-12H2,1H3,(H,22,26). The molecular weight excluding hydrogens is 358 g/mol. The quantitative estimate of drug-likeness (QED) is 0.737. The number of fused-ring (bicyclic) bond motifs is 1. The number of amides is 1. The Hall–Kier alpha value is -2.54. The van der Waals surface area contributed by atoms with Gasteiger partial charge in [-0.15, -0.1) is 21.5 Å². The largest absolute Gasteiger partial charge is 0.348 e. The van der Waals surface area contributed by atoms with E-state index in [0.29, 0.717) is 5.69 Å². The van der Waals surface area contributed by atoms with Gasteiger partial charge in [0.05, 0.1) is 5.01 Å². The van der Waals surface area contributed by atoms with Gasteiger partial charge in [0.25, 0.3) is 5.91 Å². The molecule has 3 aromatic rings. The number of carbonyl (C=O) groups excluding carboxylic acids is 1. The average Bonchev–Trinajstić information content (AvgIpc) is 3.24. The fourth-order valence-corrected chi connectivity index (χ4v) is 4.10. The molecule has 0 radical (unpaired) electrons. The number of nitrogens with zero attached hydrogens (tertiary/aromatic N) is 4. The fourth-order valence-electron chi connectivity index (χ4n) is 3.51. The third kappa shape index (κ3) is 4.24. The number of hydrogen-bond acceptors (Lipinski definition) is 5. The maximum atomic E-state index is 12.4. The van der Waals surface area contributed by atoms with Crippen LogP contribution >= 0.6 is 11.3 Å². The maximum Gasteiger partial charge on any atom is 0.270 e. The Labute approximate surface area is 162 Å². The summed E-state index contributed by atoms with van der Waals surface area (Å²) in [4.78, 5) is 16.6. The third-order valence-electron chi connectivity index (χ3n) is 4.99. The highest BCUT2D eigenvalue weighted by molar-refractivity contribution is 7.09. The van der Waals surface area contributed by atoms with Gasteiger partial charge in [-0.1, -0.05) is 30.3 Å². The minimum absolute atomic E-state index is 0.0775. The van der Waals surface area contributed by atoms with Crippen molar-refractivity contribution in [2.45, 2.75) is 51.6 Å². The number of aromatic nitrogens is 4. The van der Waals surface area contributed by atoms with Gasteiger partial charge in [-0.25, -0.2) is 4.98 Å². The van der Waals surface area contributed by atoms with Crippen LogP contribution in [0.4, 0.5) is 0 Å². The molecule has 4 rings (SSSR count). The van der Waals surface area contributed by atoms with E-state index >= 15 is 0 Å². The summed E-state index contributed by atoms with van der Waals surface area (Å²) in [7, 11) is 0. The lowest BCUT2D eigenvalue weighted by Gasteiger charge is -2.15. The molecule has 1 atom stereocenters. The zero-order valence-corrected chi connectivity index (χ0v) is 16.2. The monoisotopic (exact) mass is 381 g/mol. The van der Waals surface area contributed by atoms with Crippen molar-refractivity contribution in [2.75, 3.05) is 0 Å². The molecule has 7 heteroatoms. The molecule has 1 N–H and O–H groups in total. The summed E-state index contributed by atoms with van der Waals surface area (Å²) in [6, 6.07) is 10.6. The normalized spacial score (nSPS) is 16.6. The molecule has 1 unspecified atom stereocenters. The Morgan fingerprint density at radius 2 is 2.07 bits per heavy atom. The van der Waals surface area contributed by atoms with E-state index in [4.69, 9.17) is 0 Å². The highest BCUT2D eigenvalue weighted by atomic mass is 32.1. The van der Waals surface area contributed by atoms with Crippen LogP contribution in [-0.2, 0) is 25.8 Å². The summed E-state index contributed by atoms with van der Waals surface area (Å²) >= 11 is 1.50. The van der Waals surface area contributed by atoms with E-state index in [1.165, 1.54) is 16.9 Å². The van der Waals surface area contributed by atoms with E-state index in [0.717, 1.165) is 55.3 Å². The van der Waals surface area contributed by atoms with Crippen LogP contribution in [0.1, 0.15) is 45.5 Å². The molecule has 1 aliphatic heterocycles. The van der Waals surface area contributed by atoms with Gasteiger partial charge in [-0.05, 0) is 31.7 Å². The number of carbonyl (C=O) groups is 1. The van der Waals surface area contributed by atoms with Crippen LogP contribution in [-0.4, -0.2) is 31.7 Å². The van der Waals surface area contributed by atoms with Crippen LogP contribution in [0.5, 0.6) is 0 Å². The van der Waals surface area contributed by atoms with Crippen molar-refractivity contribution >= 4 is 17.2 Å². The molecule has 1 amide bonds. The lowest BCUT2D eigenvalue weighted by Crippen LogP contribution is -2.35. The molecule has 0 bridgehead atoms. The molecule has 2 aromatic heterocycles. The summed E-state index contributed by atoms with van der Waals surface area (Å²) in [5.74, 6) is 1.99. The highest BCUT2D eigenvalue weighted by Gasteiger charge is 2.22. The molecule has 0 fully saturated rings. The summed E-state index contributed by atoms with van der Waals surface area (Å²) < 4.78 is 2.24. The molecule has 6 nitrogen and oxygen atoms in total. The first-order valence-corrected chi connectivity index (χ1v) is 10.2. The predicted octanol–water partition coefficient (Wildman–Crippen LogP) is 2.96. The second kappa shape index (κ2) is 8.00. The lowest BCUT2D eigenvalue weighted by molar-refractivity contribution is 0.0928. The van der Waals surface area contributed by atoms with Crippen molar-refractivity contribution in [3.63, 3.8) is 0 Å². The first kappa shape index (κ1) is 17.9. The highest BCUT2D eigenvalue weighted by Crippen LogP contribution is 2.17.